The number of halogens is 1. The SMILES string of the molecule is CC(C)=CCN1c2c(n(C)c(=O)[nH]c2=O)N(CC(=O)c2ccccc2)C1SCC1CCCN1.Cl. The summed E-state index contributed by atoms with van der Waals surface area (Å²) in [5.74, 6) is 1.29. The number of carbonyl (C=O) groups excluding carboxylic acids is 1. The van der Waals surface area contributed by atoms with E-state index in [2.05, 4.69) is 16.4 Å². The third-order valence-corrected chi connectivity index (χ3v) is 7.48. The lowest BCUT2D eigenvalue weighted by atomic mass is 10.1. The smallest absolute Gasteiger partial charge is 0.329 e. The number of Topliss-reactive ketones (excluding diaryl/α,β-unsaturated/α-hetero) is 1. The summed E-state index contributed by atoms with van der Waals surface area (Å²) in [6.45, 7) is 5.64. The van der Waals surface area contributed by atoms with Crippen LogP contribution in [0.2, 0.25) is 0 Å². The first-order valence-electron chi connectivity index (χ1n) is 11.3. The first-order chi connectivity index (χ1) is 15.9. The molecule has 10 heteroatoms. The van der Waals surface area contributed by atoms with Gasteiger partial charge < -0.3 is 15.1 Å². The number of nitrogens with one attached hydrogen (secondary N) is 2. The van der Waals surface area contributed by atoms with E-state index >= 15 is 0 Å². The van der Waals surface area contributed by atoms with Crippen molar-refractivity contribution < 1.29 is 4.79 Å². The number of nitrogens with zero attached hydrogens (tertiary/aromatic N) is 3. The van der Waals surface area contributed by atoms with Gasteiger partial charge in [0.15, 0.2) is 11.3 Å². The Kier molecular flexibility index (Phi) is 8.67. The van der Waals surface area contributed by atoms with Crippen LogP contribution in [-0.4, -0.2) is 52.3 Å². The minimum atomic E-state index is -0.485. The number of anilines is 2. The van der Waals surface area contributed by atoms with Gasteiger partial charge >= 0.3 is 5.69 Å². The highest BCUT2D eigenvalue weighted by atomic mass is 35.5. The zero-order valence-corrected chi connectivity index (χ0v) is 21.4. The van der Waals surface area contributed by atoms with Gasteiger partial charge in [0, 0.05) is 31.0 Å². The number of aromatic nitrogens is 2. The van der Waals surface area contributed by atoms with Gasteiger partial charge in [-0.25, -0.2) is 4.79 Å². The van der Waals surface area contributed by atoms with E-state index in [4.69, 9.17) is 0 Å². The van der Waals surface area contributed by atoms with Crippen LogP contribution in [0.1, 0.15) is 37.0 Å². The maximum atomic E-state index is 13.2. The topological polar surface area (TPSA) is 90.4 Å². The molecule has 0 bridgehead atoms. The fraction of sp³-hybridized carbons (Fsp3) is 0.458. The Hall–Kier alpha value is -2.49. The molecule has 184 valence electrons. The average molecular weight is 506 g/mol. The lowest BCUT2D eigenvalue weighted by Gasteiger charge is -2.32. The highest BCUT2D eigenvalue weighted by molar-refractivity contribution is 8.00. The van der Waals surface area contributed by atoms with Gasteiger partial charge in [-0.3, -0.25) is 19.1 Å². The number of thioether (sulfide) groups is 1. The molecule has 8 nitrogen and oxygen atoms in total. The Morgan fingerprint density at radius 3 is 2.56 bits per heavy atom. The number of H-pyrrole nitrogens is 1. The largest absolute Gasteiger partial charge is 0.331 e. The molecule has 1 aromatic heterocycles. The second kappa shape index (κ2) is 11.3. The minimum Gasteiger partial charge on any atom is -0.331 e. The molecule has 0 spiro atoms. The zero-order chi connectivity index (χ0) is 23.5. The van der Waals surface area contributed by atoms with Gasteiger partial charge in [0.05, 0.1) is 6.54 Å². The Labute approximate surface area is 209 Å². The molecule has 2 aliphatic rings. The van der Waals surface area contributed by atoms with Gasteiger partial charge in [0.2, 0.25) is 0 Å². The number of benzene rings is 1. The maximum absolute atomic E-state index is 13.2. The monoisotopic (exact) mass is 505 g/mol. The standard InChI is InChI=1S/C24H31N5O3S.ClH/c1-16(2)11-13-28-20-21(31)26-23(32)27(3)22(20)29(14-19(30)17-8-5-4-6-9-17)24(28)33-15-18-10-7-12-25-18;/h4-6,8-9,11,18,24-25H,7,10,12-15H2,1-3H3,(H,26,31,32);1H. The van der Waals surface area contributed by atoms with Crippen LogP contribution < -0.4 is 26.4 Å². The van der Waals surface area contributed by atoms with Crippen LogP contribution in [0.5, 0.6) is 0 Å². The van der Waals surface area contributed by atoms with E-state index in [1.54, 1.807) is 30.9 Å². The maximum Gasteiger partial charge on any atom is 0.329 e. The van der Waals surface area contributed by atoms with E-state index in [9.17, 15) is 14.4 Å². The predicted octanol–water partition coefficient (Wildman–Crippen LogP) is 2.74. The number of allylic oxidation sites excluding steroid dienone is 1. The molecule has 2 atom stereocenters. The van der Waals surface area contributed by atoms with Crippen molar-refractivity contribution in [2.45, 2.75) is 38.2 Å². The molecular weight excluding hydrogens is 474 g/mol. The number of fused-ring (bicyclic) bond motifs is 1. The second-order valence-electron chi connectivity index (χ2n) is 8.79. The fourth-order valence-electron chi connectivity index (χ4n) is 4.33. The quantitative estimate of drug-likeness (QED) is 0.421. The van der Waals surface area contributed by atoms with E-state index < -0.39 is 11.2 Å². The molecule has 1 aromatic carbocycles. The van der Waals surface area contributed by atoms with E-state index in [-0.39, 0.29) is 30.2 Å². The van der Waals surface area contributed by atoms with Crippen molar-refractivity contribution in [1.82, 2.24) is 14.9 Å². The zero-order valence-electron chi connectivity index (χ0n) is 19.7. The summed E-state index contributed by atoms with van der Waals surface area (Å²) in [6.07, 6.45) is 4.34. The Balaban J connectivity index is 0.00000324. The Morgan fingerprint density at radius 2 is 1.91 bits per heavy atom. The fourth-order valence-corrected chi connectivity index (χ4v) is 5.75. The van der Waals surface area contributed by atoms with Crippen LogP contribution in [0.25, 0.3) is 0 Å². The number of hydrogen-bond acceptors (Lipinski definition) is 7. The van der Waals surface area contributed by atoms with Crippen molar-refractivity contribution in [1.29, 1.82) is 0 Å². The highest BCUT2D eigenvalue weighted by Crippen LogP contribution is 2.40. The summed E-state index contributed by atoms with van der Waals surface area (Å²) in [5, 5.41) is 3.52. The van der Waals surface area contributed by atoms with Crippen molar-refractivity contribution in [2.24, 2.45) is 7.05 Å². The summed E-state index contributed by atoms with van der Waals surface area (Å²) in [6, 6.07) is 9.54. The average Bonchev–Trinajstić information content (AvgIpc) is 3.41. The molecule has 4 rings (SSSR count). The number of aromatic amines is 1. The first kappa shape index (κ1) is 26.1. The number of rotatable bonds is 8. The number of ketones is 1. The summed E-state index contributed by atoms with van der Waals surface area (Å²) in [4.78, 5) is 45.0. The molecule has 2 N–H and O–H groups in total. The van der Waals surface area contributed by atoms with Crippen LogP contribution in [0.3, 0.4) is 0 Å². The molecule has 0 aliphatic carbocycles. The van der Waals surface area contributed by atoms with Crippen LogP contribution in [-0.2, 0) is 7.05 Å². The van der Waals surface area contributed by atoms with Crippen LogP contribution >= 0.6 is 24.2 Å². The van der Waals surface area contributed by atoms with Crippen molar-refractivity contribution in [3.63, 3.8) is 0 Å². The number of hydrogen-bond donors (Lipinski definition) is 2. The molecule has 34 heavy (non-hydrogen) atoms. The molecule has 2 unspecified atom stereocenters. The highest BCUT2D eigenvalue weighted by Gasteiger charge is 2.41. The summed E-state index contributed by atoms with van der Waals surface area (Å²) in [7, 11) is 1.64. The summed E-state index contributed by atoms with van der Waals surface area (Å²) in [5.41, 5.74) is 0.999. The van der Waals surface area contributed by atoms with E-state index in [0.29, 0.717) is 29.7 Å². The molecule has 3 heterocycles. The van der Waals surface area contributed by atoms with Gasteiger partial charge in [0.1, 0.15) is 11.5 Å². The van der Waals surface area contributed by atoms with E-state index in [1.165, 1.54) is 4.57 Å². The second-order valence-corrected chi connectivity index (χ2v) is 9.88. The summed E-state index contributed by atoms with van der Waals surface area (Å²) >= 11 is 1.71. The lowest BCUT2D eigenvalue weighted by Crippen LogP contribution is -2.45. The molecular formula is C24H32ClN5O3S. The summed E-state index contributed by atoms with van der Waals surface area (Å²) < 4.78 is 1.44. The Bertz CT molecular complexity index is 1150. The molecule has 0 radical (unpaired) electrons. The number of carbonyl (C=O) groups is 1. The molecule has 0 amide bonds. The van der Waals surface area contributed by atoms with Gasteiger partial charge in [-0.1, -0.05) is 42.0 Å². The molecule has 2 aromatic rings. The third-order valence-electron chi connectivity index (χ3n) is 6.08. The van der Waals surface area contributed by atoms with E-state index in [0.717, 1.165) is 30.7 Å². The van der Waals surface area contributed by atoms with Crippen molar-refractivity contribution in [3.8, 4) is 0 Å². The minimum absolute atomic E-state index is 0. The van der Waals surface area contributed by atoms with E-state index in [1.807, 2.05) is 41.8 Å². The normalized spacial score (nSPS) is 19.0. The first-order valence-corrected chi connectivity index (χ1v) is 12.3. The van der Waals surface area contributed by atoms with Crippen molar-refractivity contribution in [2.75, 3.05) is 35.2 Å². The van der Waals surface area contributed by atoms with Crippen LogP contribution in [0, 0.1) is 0 Å². The van der Waals surface area contributed by atoms with Gasteiger partial charge in [-0.15, -0.1) is 24.2 Å². The van der Waals surface area contributed by atoms with Crippen molar-refractivity contribution in [3.05, 3.63) is 68.4 Å². The predicted molar refractivity (Wildman–Crippen MR) is 142 cm³/mol. The van der Waals surface area contributed by atoms with Gasteiger partial charge in [-0.05, 0) is 33.2 Å². The van der Waals surface area contributed by atoms with Crippen LogP contribution in [0.15, 0.2) is 51.6 Å². The Morgan fingerprint density at radius 1 is 1.18 bits per heavy atom. The molecule has 1 fully saturated rings. The van der Waals surface area contributed by atoms with Crippen molar-refractivity contribution >= 4 is 41.5 Å². The lowest BCUT2D eigenvalue weighted by molar-refractivity contribution is 0.0998. The molecule has 2 aliphatic heterocycles. The van der Waals surface area contributed by atoms with Gasteiger partial charge in [0.25, 0.3) is 5.56 Å². The third kappa shape index (κ3) is 5.42. The van der Waals surface area contributed by atoms with Crippen LogP contribution in [0.4, 0.5) is 11.5 Å². The molecule has 1 saturated heterocycles. The molecule has 0 saturated carbocycles. The van der Waals surface area contributed by atoms with Gasteiger partial charge in [-0.2, -0.15) is 0 Å².